The van der Waals surface area contributed by atoms with Crippen LogP contribution in [0.25, 0.3) is 0 Å². The number of ether oxygens (including phenoxy) is 1. The molecule has 0 aliphatic carbocycles. The summed E-state index contributed by atoms with van der Waals surface area (Å²) in [4.78, 5) is 13.8. The van der Waals surface area contributed by atoms with Crippen molar-refractivity contribution in [1.82, 2.24) is 0 Å². The zero-order valence-electron chi connectivity index (χ0n) is 9.99. The molecule has 1 rings (SSSR count). The van der Waals surface area contributed by atoms with Crippen LogP contribution in [0.4, 0.5) is 0 Å². The minimum atomic E-state index is -0.151. The van der Waals surface area contributed by atoms with Gasteiger partial charge >= 0.3 is 0 Å². The molecule has 0 unspecified atom stereocenters. The van der Waals surface area contributed by atoms with E-state index >= 15 is 0 Å². The summed E-state index contributed by atoms with van der Waals surface area (Å²) >= 11 is 0. The molecular formula is C13H17NO2. The highest BCUT2D eigenvalue weighted by Gasteiger charge is 2.19. The van der Waals surface area contributed by atoms with Crippen LogP contribution in [-0.2, 0) is 10.2 Å². The topological polar surface area (TPSA) is 38.7 Å². The predicted octanol–water partition coefficient (Wildman–Crippen LogP) is 2.70. The van der Waals surface area contributed by atoms with Crippen molar-refractivity contribution in [3.05, 3.63) is 29.8 Å². The molecule has 1 aromatic carbocycles. The van der Waals surface area contributed by atoms with Crippen LogP contribution in [0.15, 0.2) is 29.3 Å². The quantitative estimate of drug-likeness (QED) is 0.564. The molecule has 0 bridgehead atoms. The Balaban J connectivity index is 2.83. The van der Waals surface area contributed by atoms with Crippen LogP contribution in [0.2, 0.25) is 0 Å². The lowest BCUT2D eigenvalue weighted by atomic mass is 9.85. The van der Waals surface area contributed by atoms with Crippen molar-refractivity contribution in [1.29, 1.82) is 0 Å². The maximum absolute atomic E-state index is 10.1. The lowest BCUT2D eigenvalue weighted by Gasteiger charge is -2.22. The number of hydrogen-bond acceptors (Lipinski definition) is 3. The Morgan fingerprint density at radius 3 is 2.44 bits per heavy atom. The second kappa shape index (κ2) is 5.47. The summed E-state index contributed by atoms with van der Waals surface area (Å²) < 4.78 is 5.37. The molecule has 1 aromatic rings. The molecule has 0 atom stereocenters. The highest BCUT2D eigenvalue weighted by molar-refractivity contribution is 5.35. The maximum Gasteiger partial charge on any atom is 0.234 e. The zero-order valence-corrected chi connectivity index (χ0v) is 9.99. The maximum atomic E-state index is 10.1. The fraction of sp³-hybridized carbons (Fsp3) is 0.462. The van der Waals surface area contributed by atoms with Gasteiger partial charge in [-0.3, -0.25) is 0 Å². The van der Waals surface area contributed by atoms with E-state index in [0.717, 1.165) is 11.3 Å². The molecule has 0 aromatic heterocycles. The van der Waals surface area contributed by atoms with Crippen LogP contribution in [0.5, 0.6) is 5.75 Å². The van der Waals surface area contributed by atoms with Gasteiger partial charge < -0.3 is 4.74 Å². The Hall–Kier alpha value is -1.60. The van der Waals surface area contributed by atoms with Crippen LogP contribution in [-0.4, -0.2) is 19.2 Å². The van der Waals surface area contributed by atoms with E-state index in [-0.39, 0.29) is 5.41 Å². The molecule has 0 saturated heterocycles. The van der Waals surface area contributed by atoms with Crippen LogP contribution >= 0.6 is 0 Å². The van der Waals surface area contributed by atoms with Crippen LogP contribution in [0.3, 0.4) is 0 Å². The van der Waals surface area contributed by atoms with E-state index in [2.05, 4.69) is 4.99 Å². The lowest BCUT2D eigenvalue weighted by molar-refractivity contribution is 0.340. The molecule has 0 spiro atoms. The van der Waals surface area contributed by atoms with Gasteiger partial charge in [0.2, 0.25) is 6.08 Å². The second-order valence-corrected chi connectivity index (χ2v) is 4.25. The van der Waals surface area contributed by atoms with Gasteiger partial charge in [0.25, 0.3) is 0 Å². The third-order valence-corrected chi connectivity index (χ3v) is 2.49. The first-order valence-electron chi connectivity index (χ1n) is 5.37. The zero-order chi connectivity index (χ0) is 12.0. The summed E-state index contributed by atoms with van der Waals surface area (Å²) in [6, 6.07) is 7.88. The van der Waals surface area contributed by atoms with E-state index in [4.69, 9.17) is 4.74 Å². The van der Waals surface area contributed by atoms with Crippen LogP contribution < -0.4 is 4.74 Å². The van der Waals surface area contributed by atoms with Crippen molar-refractivity contribution in [2.75, 3.05) is 13.2 Å². The first kappa shape index (κ1) is 12.5. The molecule has 0 fully saturated rings. The van der Waals surface area contributed by atoms with Crippen molar-refractivity contribution in [2.45, 2.75) is 26.2 Å². The Morgan fingerprint density at radius 1 is 1.31 bits per heavy atom. The van der Waals surface area contributed by atoms with Crippen molar-refractivity contribution in [3.8, 4) is 5.75 Å². The fourth-order valence-corrected chi connectivity index (χ4v) is 1.49. The van der Waals surface area contributed by atoms with E-state index in [0.29, 0.717) is 13.2 Å². The molecule has 3 nitrogen and oxygen atoms in total. The summed E-state index contributed by atoms with van der Waals surface area (Å²) in [5.74, 6) is 0.862. The first-order valence-corrected chi connectivity index (χ1v) is 5.37. The molecule has 86 valence electrons. The van der Waals surface area contributed by atoms with Crippen LogP contribution in [0, 0.1) is 0 Å². The Kier molecular flexibility index (Phi) is 4.27. The van der Waals surface area contributed by atoms with Gasteiger partial charge in [0.1, 0.15) is 5.75 Å². The largest absolute Gasteiger partial charge is 0.494 e. The summed E-state index contributed by atoms with van der Waals surface area (Å²) in [6.45, 7) is 7.16. The standard InChI is InChI=1S/C13H17NO2/c1-4-16-12-7-5-11(6-8-12)13(2,3)9-14-10-15/h5-8H,4,9H2,1-3H3. The molecule has 0 radical (unpaired) electrons. The van der Waals surface area contributed by atoms with Crippen molar-refractivity contribution in [2.24, 2.45) is 4.99 Å². The Morgan fingerprint density at radius 2 is 1.94 bits per heavy atom. The summed E-state index contributed by atoms with van der Waals surface area (Å²) in [6.07, 6.45) is 1.58. The third kappa shape index (κ3) is 3.21. The first-order chi connectivity index (χ1) is 7.60. The molecule has 0 amide bonds. The van der Waals surface area contributed by atoms with E-state index in [1.807, 2.05) is 45.0 Å². The Labute approximate surface area is 96.2 Å². The van der Waals surface area contributed by atoms with Gasteiger partial charge in [0.15, 0.2) is 0 Å². The van der Waals surface area contributed by atoms with Crippen molar-refractivity contribution < 1.29 is 9.53 Å². The van der Waals surface area contributed by atoms with Crippen LogP contribution in [0.1, 0.15) is 26.3 Å². The fourth-order valence-electron chi connectivity index (χ4n) is 1.49. The number of carbonyl (C=O) groups excluding carboxylic acids is 1. The molecule has 0 heterocycles. The second-order valence-electron chi connectivity index (χ2n) is 4.25. The SMILES string of the molecule is CCOc1ccc(C(C)(C)CN=C=O)cc1. The molecule has 3 heteroatoms. The van der Waals surface area contributed by atoms with Crippen molar-refractivity contribution in [3.63, 3.8) is 0 Å². The third-order valence-electron chi connectivity index (χ3n) is 2.49. The number of isocyanates is 1. The van der Waals surface area contributed by atoms with E-state index < -0.39 is 0 Å². The summed E-state index contributed by atoms with van der Waals surface area (Å²) in [5, 5.41) is 0. The van der Waals surface area contributed by atoms with Gasteiger partial charge in [-0.25, -0.2) is 9.79 Å². The molecular weight excluding hydrogens is 202 g/mol. The normalized spacial score (nSPS) is 10.7. The van der Waals surface area contributed by atoms with Gasteiger partial charge in [0.05, 0.1) is 13.2 Å². The average molecular weight is 219 g/mol. The number of aliphatic imine (C=N–C) groups is 1. The Bertz CT molecular complexity index is 375. The van der Waals surface area contributed by atoms with Gasteiger partial charge in [0, 0.05) is 5.41 Å². The highest BCUT2D eigenvalue weighted by atomic mass is 16.5. The van der Waals surface area contributed by atoms with Gasteiger partial charge in [-0.05, 0) is 24.6 Å². The van der Waals surface area contributed by atoms with Crippen molar-refractivity contribution >= 4 is 6.08 Å². The predicted molar refractivity (Wildman–Crippen MR) is 63.6 cm³/mol. The minimum Gasteiger partial charge on any atom is -0.494 e. The number of benzene rings is 1. The van der Waals surface area contributed by atoms with E-state index in [1.165, 1.54) is 0 Å². The van der Waals surface area contributed by atoms with E-state index in [9.17, 15) is 4.79 Å². The number of nitrogens with zero attached hydrogens (tertiary/aromatic N) is 1. The molecule has 0 aliphatic rings. The van der Waals surface area contributed by atoms with Gasteiger partial charge in [-0.1, -0.05) is 26.0 Å². The summed E-state index contributed by atoms with van der Waals surface area (Å²) in [7, 11) is 0. The molecule has 16 heavy (non-hydrogen) atoms. The number of hydrogen-bond donors (Lipinski definition) is 0. The molecule has 0 aliphatic heterocycles. The molecule has 0 N–H and O–H groups in total. The average Bonchev–Trinajstić information content (AvgIpc) is 2.28. The van der Waals surface area contributed by atoms with E-state index in [1.54, 1.807) is 6.08 Å². The minimum absolute atomic E-state index is 0.151. The van der Waals surface area contributed by atoms with Gasteiger partial charge in [-0.15, -0.1) is 0 Å². The molecule has 0 saturated carbocycles. The highest BCUT2D eigenvalue weighted by Crippen LogP contribution is 2.25. The van der Waals surface area contributed by atoms with Gasteiger partial charge in [-0.2, -0.15) is 0 Å². The lowest BCUT2D eigenvalue weighted by Crippen LogP contribution is -2.20. The summed E-state index contributed by atoms with van der Waals surface area (Å²) in [5.41, 5.74) is 0.984. The monoisotopic (exact) mass is 219 g/mol. The number of rotatable bonds is 5. The smallest absolute Gasteiger partial charge is 0.234 e.